The molecule has 1 aromatic heterocycles. The molecule has 3 aromatic rings. The first kappa shape index (κ1) is 15.6. The highest BCUT2D eigenvalue weighted by molar-refractivity contribution is 7.17. The predicted molar refractivity (Wildman–Crippen MR) is 98.3 cm³/mol. The van der Waals surface area contributed by atoms with Gasteiger partial charge in [0.25, 0.3) is 0 Å². The van der Waals surface area contributed by atoms with Crippen molar-refractivity contribution in [2.75, 3.05) is 5.32 Å². The Kier molecular flexibility index (Phi) is 4.63. The highest BCUT2D eigenvalue weighted by Crippen LogP contribution is 2.26. The molecule has 1 atom stereocenters. The SMILES string of the molecule is Cc1ccccc1NC(=O)N[C@H](C)Cc1csc2ccccc12. The van der Waals surface area contributed by atoms with Crippen LogP contribution in [0.1, 0.15) is 18.1 Å². The summed E-state index contributed by atoms with van der Waals surface area (Å²) in [6, 6.07) is 16.1. The number of carbonyl (C=O) groups excluding carboxylic acids is 1. The van der Waals surface area contributed by atoms with E-state index in [-0.39, 0.29) is 12.1 Å². The smallest absolute Gasteiger partial charge is 0.319 e. The Morgan fingerprint density at radius 2 is 1.87 bits per heavy atom. The minimum Gasteiger partial charge on any atom is -0.335 e. The van der Waals surface area contributed by atoms with Crippen molar-refractivity contribution >= 4 is 33.1 Å². The van der Waals surface area contributed by atoms with E-state index in [0.717, 1.165) is 17.7 Å². The van der Waals surface area contributed by atoms with Crippen molar-refractivity contribution in [2.45, 2.75) is 26.3 Å². The Morgan fingerprint density at radius 1 is 1.13 bits per heavy atom. The quantitative estimate of drug-likeness (QED) is 0.699. The third-order valence-electron chi connectivity index (χ3n) is 3.86. The molecule has 4 heteroatoms. The maximum Gasteiger partial charge on any atom is 0.319 e. The van der Waals surface area contributed by atoms with Crippen molar-refractivity contribution in [3.63, 3.8) is 0 Å². The molecule has 2 aromatic carbocycles. The average molecular weight is 324 g/mol. The number of carbonyl (C=O) groups is 1. The van der Waals surface area contributed by atoms with Gasteiger partial charge in [0.15, 0.2) is 0 Å². The summed E-state index contributed by atoms with van der Waals surface area (Å²) in [5.74, 6) is 0. The number of hydrogen-bond acceptors (Lipinski definition) is 2. The molecule has 2 amide bonds. The molecule has 0 spiro atoms. The lowest BCUT2D eigenvalue weighted by atomic mass is 10.1. The number of fused-ring (bicyclic) bond motifs is 1. The second-order valence-electron chi connectivity index (χ2n) is 5.78. The molecule has 2 N–H and O–H groups in total. The number of rotatable bonds is 4. The fourth-order valence-corrected chi connectivity index (χ4v) is 3.64. The number of anilines is 1. The zero-order valence-corrected chi connectivity index (χ0v) is 14.1. The van der Waals surface area contributed by atoms with Gasteiger partial charge in [0.2, 0.25) is 0 Å². The van der Waals surface area contributed by atoms with Crippen LogP contribution in [0.5, 0.6) is 0 Å². The molecule has 1 heterocycles. The van der Waals surface area contributed by atoms with E-state index in [4.69, 9.17) is 0 Å². The Balaban J connectivity index is 1.62. The minimum absolute atomic E-state index is 0.0667. The van der Waals surface area contributed by atoms with Gasteiger partial charge in [-0.1, -0.05) is 36.4 Å². The summed E-state index contributed by atoms with van der Waals surface area (Å²) in [6.45, 7) is 4.01. The van der Waals surface area contributed by atoms with Crippen LogP contribution in [0, 0.1) is 6.92 Å². The van der Waals surface area contributed by atoms with E-state index in [0.29, 0.717) is 0 Å². The van der Waals surface area contributed by atoms with Crippen LogP contribution >= 0.6 is 11.3 Å². The van der Waals surface area contributed by atoms with Crippen molar-refractivity contribution in [1.82, 2.24) is 5.32 Å². The van der Waals surface area contributed by atoms with Crippen LogP contribution in [0.4, 0.5) is 10.5 Å². The number of benzene rings is 2. The van der Waals surface area contributed by atoms with Gasteiger partial charge in [0.1, 0.15) is 0 Å². The molecule has 0 aliphatic rings. The van der Waals surface area contributed by atoms with Gasteiger partial charge in [0, 0.05) is 16.4 Å². The van der Waals surface area contributed by atoms with Crippen LogP contribution in [-0.2, 0) is 6.42 Å². The summed E-state index contributed by atoms with van der Waals surface area (Å²) >= 11 is 1.75. The number of thiophene rings is 1. The highest BCUT2D eigenvalue weighted by Gasteiger charge is 2.11. The van der Waals surface area contributed by atoms with Crippen molar-refractivity contribution in [3.8, 4) is 0 Å². The molecule has 23 heavy (non-hydrogen) atoms. The summed E-state index contributed by atoms with van der Waals surface area (Å²) in [6.07, 6.45) is 0.825. The fourth-order valence-electron chi connectivity index (χ4n) is 2.67. The van der Waals surface area contributed by atoms with Crippen molar-refractivity contribution in [2.24, 2.45) is 0 Å². The monoisotopic (exact) mass is 324 g/mol. The summed E-state index contributed by atoms with van der Waals surface area (Å²) < 4.78 is 1.29. The maximum atomic E-state index is 12.1. The molecule has 3 rings (SSSR count). The van der Waals surface area contributed by atoms with Gasteiger partial charge in [-0.3, -0.25) is 0 Å². The van der Waals surface area contributed by atoms with Crippen molar-refractivity contribution in [3.05, 3.63) is 65.0 Å². The Labute approximate surface area is 140 Å². The zero-order chi connectivity index (χ0) is 16.2. The van der Waals surface area contributed by atoms with Gasteiger partial charge in [0.05, 0.1) is 0 Å². The largest absolute Gasteiger partial charge is 0.335 e. The lowest BCUT2D eigenvalue weighted by Gasteiger charge is -2.15. The summed E-state index contributed by atoms with van der Waals surface area (Å²) in [5, 5.41) is 9.39. The molecule has 0 saturated carbocycles. The second kappa shape index (κ2) is 6.84. The van der Waals surface area contributed by atoms with E-state index in [2.05, 4.69) is 40.3 Å². The summed E-state index contributed by atoms with van der Waals surface area (Å²) in [4.78, 5) is 12.1. The van der Waals surface area contributed by atoms with Crippen LogP contribution in [0.25, 0.3) is 10.1 Å². The van der Waals surface area contributed by atoms with Crippen molar-refractivity contribution in [1.29, 1.82) is 0 Å². The minimum atomic E-state index is -0.161. The third-order valence-corrected chi connectivity index (χ3v) is 4.87. The van der Waals surface area contributed by atoms with E-state index in [1.165, 1.54) is 15.6 Å². The molecule has 0 bridgehead atoms. The first-order valence-corrected chi connectivity index (χ1v) is 8.59. The van der Waals surface area contributed by atoms with E-state index >= 15 is 0 Å². The van der Waals surface area contributed by atoms with Gasteiger partial charge in [-0.15, -0.1) is 11.3 Å². The molecule has 0 aliphatic carbocycles. The Hall–Kier alpha value is -2.33. The Morgan fingerprint density at radius 3 is 2.70 bits per heavy atom. The van der Waals surface area contributed by atoms with E-state index in [9.17, 15) is 4.79 Å². The molecule has 118 valence electrons. The summed E-state index contributed by atoms with van der Waals surface area (Å²) in [7, 11) is 0. The molecule has 0 unspecified atom stereocenters. The topological polar surface area (TPSA) is 41.1 Å². The molecule has 0 aliphatic heterocycles. The van der Waals surface area contributed by atoms with Gasteiger partial charge in [-0.25, -0.2) is 4.79 Å². The molecule has 0 radical (unpaired) electrons. The lowest BCUT2D eigenvalue weighted by molar-refractivity contribution is 0.249. The van der Waals surface area contributed by atoms with Gasteiger partial charge < -0.3 is 10.6 Å². The van der Waals surface area contributed by atoms with Crippen LogP contribution in [0.3, 0.4) is 0 Å². The zero-order valence-electron chi connectivity index (χ0n) is 13.3. The van der Waals surface area contributed by atoms with Crippen LogP contribution in [0.2, 0.25) is 0 Å². The van der Waals surface area contributed by atoms with E-state index in [1.807, 2.05) is 38.1 Å². The van der Waals surface area contributed by atoms with E-state index < -0.39 is 0 Å². The second-order valence-corrected chi connectivity index (χ2v) is 6.69. The maximum absolute atomic E-state index is 12.1. The Bertz CT molecular complexity index is 825. The van der Waals surface area contributed by atoms with Crippen LogP contribution < -0.4 is 10.6 Å². The molecule has 3 nitrogen and oxygen atoms in total. The molecular formula is C19H20N2OS. The normalized spacial score (nSPS) is 12.1. The first-order valence-electron chi connectivity index (χ1n) is 7.72. The number of aryl methyl sites for hydroxylation is 1. The number of urea groups is 1. The third kappa shape index (κ3) is 3.71. The number of para-hydroxylation sites is 1. The van der Waals surface area contributed by atoms with Gasteiger partial charge in [-0.05, 0) is 54.3 Å². The predicted octanol–water partition coefficient (Wildman–Crippen LogP) is 4.96. The molecular weight excluding hydrogens is 304 g/mol. The summed E-state index contributed by atoms with van der Waals surface area (Å²) in [5.41, 5.74) is 3.19. The van der Waals surface area contributed by atoms with Crippen LogP contribution in [-0.4, -0.2) is 12.1 Å². The molecule has 0 saturated heterocycles. The van der Waals surface area contributed by atoms with Crippen LogP contribution in [0.15, 0.2) is 53.9 Å². The van der Waals surface area contributed by atoms with Crippen molar-refractivity contribution < 1.29 is 4.79 Å². The molecule has 0 fully saturated rings. The fraction of sp³-hybridized carbons (Fsp3) is 0.211. The number of hydrogen-bond donors (Lipinski definition) is 2. The van der Waals surface area contributed by atoms with Gasteiger partial charge in [-0.2, -0.15) is 0 Å². The van der Waals surface area contributed by atoms with Gasteiger partial charge >= 0.3 is 6.03 Å². The van der Waals surface area contributed by atoms with E-state index in [1.54, 1.807) is 11.3 Å². The first-order chi connectivity index (χ1) is 11.1. The lowest BCUT2D eigenvalue weighted by Crippen LogP contribution is -2.37. The standard InChI is InChI=1S/C19H20N2OS/c1-13-7-3-5-9-17(13)21-19(22)20-14(2)11-15-12-23-18-10-6-4-8-16(15)18/h3-10,12,14H,11H2,1-2H3,(H2,20,21,22)/t14-/m1/s1. The highest BCUT2D eigenvalue weighted by atomic mass is 32.1. The number of nitrogens with one attached hydrogen (secondary N) is 2. The average Bonchev–Trinajstić information content (AvgIpc) is 2.93. The number of amides is 2.